The molecule has 2 rings (SSSR count). The quantitative estimate of drug-likeness (QED) is 0.901. The molecule has 20 heavy (non-hydrogen) atoms. The summed E-state index contributed by atoms with van der Waals surface area (Å²) in [5.74, 6) is -1.92. The Kier molecular flexibility index (Phi) is 4.20. The zero-order chi connectivity index (χ0) is 14.7. The third-order valence-electron chi connectivity index (χ3n) is 2.71. The lowest BCUT2D eigenvalue weighted by molar-refractivity contribution is 0.102. The third kappa shape index (κ3) is 2.72. The van der Waals surface area contributed by atoms with Crippen LogP contribution in [0.1, 0.15) is 10.4 Å². The van der Waals surface area contributed by atoms with Crippen LogP contribution in [-0.4, -0.2) is 13.0 Å². The molecule has 0 heterocycles. The molecule has 104 valence electrons. The number of anilines is 2. The topological polar surface area (TPSA) is 41.1 Å². The molecule has 0 aliphatic rings. The summed E-state index contributed by atoms with van der Waals surface area (Å²) in [4.78, 5) is 12.1. The van der Waals surface area contributed by atoms with Gasteiger partial charge in [-0.1, -0.05) is 23.7 Å². The number of nitrogens with one attached hydrogen (secondary N) is 2. The standard InChI is InChI=1S/C14H11ClF2N2O/c1-18-13-8(4-2-6-10(13)16)14(20)19-11-7-3-5-9(15)12(11)17/h2-7,18H,1H3,(H,19,20). The van der Waals surface area contributed by atoms with E-state index in [1.807, 2.05) is 0 Å². The van der Waals surface area contributed by atoms with Gasteiger partial charge in [0.2, 0.25) is 0 Å². The van der Waals surface area contributed by atoms with E-state index in [4.69, 9.17) is 11.6 Å². The molecule has 0 aliphatic carbocycles. The molecule has 2 aromatic rings. The molecular formula is C14H11ClF2N2O. The zero-order valence-corrected chi connectivity index (χ0v) is 11.3. The van der Waals surface area contributed by atoms with Crippen LogP contribution in [0.4, 0.5) is 20.2 Å². The molecule has 1 amide bonds. The van der Waals surface area contributed by atoms with Gasteiger partial charge in [-0.3, -0.25) is 4.79 Å². The maximum Gasteiger partial charge on any atom is 0.257 e. The van der Waals surface area contributed by atoms with Crippen LogP contribution >= 0.6 is 11.6 Å². The summed E-state index contributed by atoms with van der Waals surface area (Å²) in [6.45, 7) is 0. The summed E-state index contributed by atoms with van der Waals surface area (Å²) in [7, 11) is 1.50. The molecule has 3 nitrogen and oxygen atoms in total. The van der Waals surface area contributed by atoms with Crippen molar-refractivity contribution in [1.29, 1.82) is 0 Å². The number of rotatable bonds is 3. The zero-order valence-electron chi connectivity index (χ0n) is 10.5. The maximum atomic E-state index is 13.7. The highest BCUT2D eigenvalue weighted by Crippen LogP contribution is 2.24. The molecule has 0 aliphatic heterocycles. The van der Waals surface area contributed by atoms with Crippen molar-refractivity contribution in [2.24, 2.45) is 0 Å². The highest BCUT2D eigenvalue weighted by molar-refractivity contribution is 6.31. The maximum absolute atomic E-state index is 13.7. The fraction of sp³-hybridized carbons (Fsp3) is 0.0714. The van der Waals surface area contributed by atoms with Gasteiger partial charge in [-0.05, 0) is 24.3 Å². The van der Waals surface area contributed by atoms with E-state index in [0.29, 0.717) is 0 Å². The van der Waals surface area contributed by atoms with Crippen LogP contribution in [0.15, 0.2) is 36.4 Å². The van der Waals surface area contributed by atoms with Crippen LogP contribution in [0, 0.1) is 11.6 Å². The summed E-state index contributed by atoms with van der Waals surface area (Å²) in [6.07, 6.45) is 0. The third-order valence-corrected chi connectivity index (χ3v) is 3.00. The van der Waals surface area contributed by atoms with E-state index in [0.717, 1.165) is 0 Å². The summed E-state index contributed by atoms with van der Waals surface area (Å²) < 4.78 is 27.3. The first kappa shape index (κ1) is 14.3. The predicted molar refractivity (Wildman–Crippen MR) is 75.3 cm³/mol. The summed E-state index contributed by atoms with van der Waals surface area (Å²) in [6, 6.07) is 8.31. The lowest BCUT2D eigenvalue weighted by atomic mass is 10.1. The van der Waals surface area contributed by atoms with Crippen molar-refractivity contribution in [2.75, 3.05) is 17.7 Å². The van der Waals surface area contributed by atoms with Crippen molar-refractivity contribution in [3.05, 3.63) is 58.6 Å². The van der Waals surface area contributed by atoms with Gasteiger partial charge in [-0.15, -0.1) is 0 Å². The van der Waals surface area contributed by atoms with Crippen LogP contribution in [-0.2, 0) is 0 Å². The average Bonchev–Trinajstić information content (AvgIpc) is 2.43. The van der Waals surface area contributed by atoms with E-state index in [-0.39, 0.29) is 22.0 Å². The van der Waals surface area contributed by atoms with Gasteiger partial charge in [0.15, 0.2) is 5.82 Å². The van der Waals surface area contributed by atoms with Crippen molar-refractivity contribution in [1.82, 2.24) is 0 Å². The number of carbonyl (C=O) groups is 1. The number of hydrogen-bond acceptors (Lipinski definition) is 2. The van der Waals surface area contributed by atoms with Crippen LogP contribution in [0.2, 0.25) is 5.02 Å². The summed E-state index contributed by atoms with van der Waals surface area (Å²) in [5, 5.41) is 4.86. The Hall–Kier alpha value is -2.14. The van der Waals surface area contributed by atoms with Gasteiger partial charge in [0.25, 0.3) is 5.91 Å². The number of para-hydroxylation sites is 1. The SMILES string of the molecule is CNc1c(F)cccc1C(=O)Nc1cccc(Cl)c1F. The van der Waals surface area contributed by atoms with Gasteiger partial charge in [-0.25, -0.2) is 8.78 Å². The minimum atomic E-state index is -0.732. The van der Waals surface area contributed by atoms with E-state index in [1.54, 1.807) is 0 Å². The van der Waals surface area contributed by atoms with Crippen LogP contribution in [0.3, 0.4) is 0 Å². The van der Waals surface area contributed by atoms with E-state index in [1.165, 1.54) is 43.4 Å². The predicted octanol–water partition coefficient (Wildman–Crippen LogP) is 3.91. The van der Waals surface area contributed by atoms with Crippen molar-refractivity contribution < 1.29 is 13.6 Å². The van der Waals surface area contributed by atoms with Crippen molar-refractivity contribution in [3.63, 3.8) is 0 Å². The molecule has 2 N–H and O–H groups in total. The lowest BCUT2D eigenvalue weighted by Crippen LogP contribution is -2.15. The first-order valence-corrected chi connectivity index (χ1v) is 6.14. The fourth-order valence-electron chi connectivity index (χ4n) is 1.76. The second-order valence-electron chi connectivity index (χ2n) is 3.97. The number of halogens is 3. The molecule has 0 aromatic heterocycles. The number of hydrogen-bond donors (Lipinski definition) is 2. The van der Waals surface area contributed by atoms with Crippen molar-refractivity contribution >= 4 is 28.9 Å². The molecule has 0 fully saturated rings. The first-order valence-electron chi connectivity index (χ1n) is 5.76. The highest BCUT2D eigenvalue weighted by atomic mass is 35.5. The molecule has 2 aromatic carbocycles. The first-order chi connectivity index (χ1) is 9.54. The second kappa shape index (κ2) is 5.88. The molecule has 0 radical (unpaired) electrons. The van der Waals surface area contributed by atoms with Crippen LogP contribution in [0.5, 0.6) is 0 Å². The Labute approximate surface area is 119 Å². The summed E-state index contributed by atoms with van der Waals surface area (Å²) >= 11 is 5.63. The monoisotopic (exact) mass is 296 g/mol. The summed E-state index contributed by atoms with van der Waals surface area (Å²) in [5.41, 5.74) is 0.0631. The molecular weight excluding hydrogens is 286 g/mol. The van der Waals surface area contributed by atoms with Gasteiger partial charge >= 0.3 is 0 Å². The van der Waals surface area contributed by atoms with Gasteiger partial charge < -0.3 is 10.6 Å². The molecule has 0 atom stereocenters. The van der Waals surface area contributed by atoms with Gasteiger partial charge in [0.1, 0.15) is 5.82 Å². The number of amides is 1. The highest BCUT2D eigenvalue weighted by Gasteiger charge is 2.16. The lowest BCUT2D eigenvalue weighted by Gasteiger charge is -2.11. The molecule has 0 bridgehead atoms. The van der Waals surface area contributed by atoms with Crippen molar-refractivity contribution in [3.8, 4) is 0 Å². The van der Waals surface area contributed by atoms with Crippen molar-refractivity contribution in [2.45, 2.75) is 0 Å². The van der Waals surface area contributed by atoms with Gasteiger partial charge in [-0.2, -0.15) is 0 Å². The molecule has 0 saturated heterocycles. The Morgan fingerprint density at radius 2 is 1.85 bits per heavy atom. The molecule has 0 spiro atoms. The van der Waals surface area contributed by atoms with Crippen LogP contribution < -0.4 is 10.6 Å². The largest absolute Gasteiger partial charge is 0.385 e. The van der Waals surface area contributed by atoms with E-state index in [9.17, 15) is 13.6 Å². The number of carbonyl (C=O) groups excluding carboxylic acids is 1. The molecule has 6 heteroatoms. The normalized spacial score (nSPS) is 10.2. The fourth-order valence-corrected chi connectivity index (χ4v) is 1.93. The molecule has 0 saturated carbocycles. The van der Waals surface area contributed by atoms with E-state index >= 15 is 0 Å². The Balaban J connectivity index is 2.34. The smallest absolute Gasteiger partial charge is 0.257 e. The van der Waals surface area contributed by atoms with E-state index < -0.39 is 17.5 Å². The van der Waals surface area contributed by atoms with E-state index in [2.05, 4.69) is 10.6 Å². The van der Waals surface area contributed by atoms with Gasteiger partial charge in [0.05, 0.1) is 22.0 Å². The minimum absolute atomic E-state index is 0.0486. The Morgan fingerprint density at radius 1 is 1.15 bits per heavy atom. The second-order valence-corrected chi connectivity index (χ2v) is 4.38. The average molecular weight is 297 g/mol. The van der Waals surface area contributed by atoms with Gasteiger partial charge in [0, 0.05) is 7.05 Å². The Bertz CT molecular complexity index is 662. The Morgan fingerprint density at radius 3 is 2.55 bits per heavy atom. The minimum Gasteiger partial charge on any atom is -0.385 e. The van der Waals surface area contributed by atoms with Crippen LogP contribution in [0.25, 0.3) is 0 Å². The number of benzene rings is 2. The molecule has 0 unspecified atom stereocenters.